The molecule has 2 atom stereocenters. The minimum absolute atomic E-state index is 0.162. The molecule has 0 saturated carbocycles. The number of likely N-dealkylation sites (tertiary alicyclic amines) is 1. The zero-order valence-electron chi connectivity index (χ0n) is 19.3. The Morgan fingerprint density at radius 1 is 1.10 bits per heavy atom. The van der Waals surface area contributed by atoms with E-state index in [0.717, 1.165) is 44.5 Å². The van der Waals surface area contributed by atoms with E-state index in [1.165, 1.54) is 56.4 Å². The highest BCUT2D eigenvalue weighted by Crippen LogP contribution is 2.34. The largest absolute Gasteiger partial charge is 0.373 e. The molecule has 0 spiro atoms. The van der Waals surface area contributed by atoms with Crippen LogP contribution in [0.15, 0.2) is 29.3 Å². The van der Waals surface area contributed by atoms with Crippen molar-refractivity contribution in [3.63, 3.8) is 0 Å². The number of ether oxygens (including phenoxy) is 1. The normalized spacial score (nSPS) is 24.0. The van der Waals surface area contributed by atoms with Crippen molar-refractivity contribution >= 4 is 5.96 Å². The molecule has 1 aromatic carbocycles. The van der Waals surface area contributed by atoms with Crippen molar-refractivity contribution in [2.45, 2.75) is 59.0 Å². The van der Waals surface area contributed by atoms with Gasteiger partial charge >= 0.3 is 0 Å². The predicted molar refractivity (Wildman–Crippen MR) is 126 cm³/mol. The number of hydrogen-bond donors (Lipinski definition) is 2. The third-order valence-electron chi connectivity index (χ3n) is 6.68. The fourth-order valence-corrected chi connectivity index (χ4v) is 4.69. The van der Waals surface area contributed by atoms with Crippen LogP contribution in [-0.4, -0.2) is 56.7 Å². The van der Waals surface area contributed by atoms with E-state index in [-0.39, 0.29) is 6.10 Å². The zero-order valence-corrected chi connectivity index (χ0v) is 19.3. The smallest absolute Gasteiger partial charge is 0.191 e. The minimum Gasteiger partial charge on any atom is -0.373 e. The molecular weight excluding hydrogens is 372 g/mol. The van der Waals surface area contributed by atoms with Gasteiger partial charge in [-0.3, -0.25) is 4.99 Å². The van der Waals surface area contributed by atoms with E-state index in [1.54, 1.807) is 0 Å². The number of nitrogens with one attached hydrogen (secondary N) is 2. The van der Waals surface area contributed by atoms with Crippen LogP contribution in [-0.2, 0) is 4.74 Å². The standard InChI is InChI=1S/C25H42N4O/c1-4-26-25(27-15-12-21-13-16-29(5-2)17-14-21)28-19-23-7-6-18-30-24(23)22-10-8-20(3)9-11-22/h8-11,21,23-24H,4-7,12-19H2,1-3H3,(H2,26,27,28). The Morgan fingerprint density at radius 3 is 2.57 bits per heavy atom. The highest BCUT2D eigenvalue weighted by Gasteiger charge is 2.27. The van der Waals surface area contributed by atoms with Crippen molar-refractivity contribution in [2.75, 3.05) is 45.9 Å². The molecule has 2 aliphatic rings. The second kappa shape index (κ2) is 12.3. The van der Waals surface area contributed by atoms with Gasteiger partial charge in [-0.25, -0.2) is 0 Å². The lowest BCUT2D eigenvalue weighted by molar-refractivity contribution is -0.0250. The van der Waals surface area contributed by atoms with Crippen LogP contribution >= 0.6 is 0 Å². The number of piperidine rings is 1. The van der Waals surface area contributed by atoms with Gasteiger partial charge in [0.1, 0.15) is 0 Å². The number of guanidine groups is 1. The Kier molecular flexibility index (Phi) is 9.47. The van der Waals surface area contributed by atoms with Gasteiger partial charge in [-0.05, 0) is 77.1 Å². The fraction of sp³-hybridized carbons (Fsp3) is 0.720. The molecule has 168 valence electrons. The lowest BCUT2D eigenvalue weighted by Gasteiger charge is -2.32. The molecule has 2 N–H and O–H groups in total. The predicted octanol–water partition coefficient (Wildman–Crippen LogP) is 4.14. The van der Waals surface area contributed by atoms with Crippen LogP contribution in [0.3, 0.4) is 0 Å². The van der Waals surface area contributed by atoms with Gasteiger partial charge in [0.25, 0.3) is 0 Å². The van der Waals surface area contributed by atoms with Gasteiger partial charge in [-0.2, -0.15) is 0 Å². The molecule has 0 amide bonds. The Balaban J connectivity index is 1.50. The van der Waals surface area contributed by atoms with Crippen LogP contribution in [0.4, 0.5) is 0 Å². The number of aryl methyl sites for hydroxylation is 1. The summed E-state index contributed by atoms with van der Waals surface area (Å²) in [7, 11) is 0. The highest BCUT2D eigenvalue weighted by atomic mass is 16.5. The van der Waals surface area contributed by atoms with E-state index >= 15 is 0 Å². The summed E-state index contributed by atoms with van der Waals surface area (Å²) >= 11 is 0. The summed E-state index contributed by atoms with van der Waals surface area (Å²) in [5.41, 5.74) is 2.58. The molecule has 0 bridgehead atoms. The average Bonchev–Trinajstić information content (AvgIpc) is 2.79. The fourth-order valence-electron chi connectivity index (χ4n) is 4.69. The molecule has 1 aromatic rings. The first-order chi connectivity index (χ1) is 14.7. The maximum Gasteiger partial charge on any atom is 0.191 e. The van der Waals surface area contributed by atoms with Crippen molar-refractivity contribution in [1.29, 1.82) is 0 Å². The van der Waals surface area contributed by atoms with E-state index in [9.17, 15) is 0 Å². The Labute approximate surface area is 183 Å². The van der Waals surface area contributed by atoms with E-state index in [1.807, 2.05) is 0 Å². The van der Waals surface area contributed by atoms with Gasteiger partial charge in [0.15, 0.2) is 5.96 Å². The summed E-state index contributed by atoms with van der Waals surface area (Å²) in [6.07, 6.45) is 6.37. The third-order valence-corrected chi connectivity index (χ3v) is 6.68. The van der Waals surface area contributed by atoms with Crippen LogP contribution in [0.5, 0.6) is 0 Å². The van der Waals surface area contributed by atoms with Crippen LogP contribution in [0.1, 0.15) is 63.2 Å². The molecule has 5 nitrogen and oxygen atoms in total. The molecule has 2 unspecified atom stereocenters. The summed E-state index contributed by atoms with van der Waals surface area (Å²) in [6.45, 7) is 13.8. The third kappa shape index (κ3) is 6.98. The van der Waals surface area contributed by atoms with Crippen molar-refractivity contribution in [1.82, 2.24) is 15.5 Å². The van der Waals surface area contributed by atoms with Crippen LogP contribution < -0.4 is 10.6 Å². The van der Waals surface area contributed by atoms with Gasteiger partial charge in [0.2, 0.25) is 0 Å². The number of nitrogens with zero attached hydrogens (tertiary/aromatic N) is 2. The van der Waals surface area contributed by atoms with Gasteiger partial charge in [-0.15, -0.1) is 0 Å². The van der Waals surface area contributed by atoms with E-state index < -0.39 is 0 Å². The zero-order chi connectivity index (χ0) is 21.2. The van der Waals surface area contributed by atoms with Gasteiger partial charge < -0.3 is 20.3 Å². The van der Waals surface area contributed by atoms with Crippen LogP contribution in [0.25, 0.3) is 0 Å². The van der Waals surface area contributed by atoms with Gasteiger partial charge in [0, 0.05) is 32.2 Å². The highest BCUT2D eigenvalue weighted by molar-refractivity contribution is 5.79. The molecular formula is C25H42N4O. The second-order valence-electron chi connectivity index (χ2n) is 8.92. The second-order valence-corrected chi connectivity index (χ2v) is 8.92. The summed E-state index contributed by atoms with van der Waals surface area (Å²) in [4.78, 5) is 7.51. The van der Waals surface area contributed by atoms with Crippen LogP contribution in [0.2, 0.25) is 0 Å². The first kappa shape index (κ1) is 23.1. The quantitative estimate of drug-likeness (QED) is 0.496. The molecule has 0 radical (unpaired) electrons. The van der Waals surface area contributed by atoms with E-state index in [4.69, 9.17) is 9.73 Å². The van der Waals surface area contributed by atoms with Gasteiger partial charge in [-0.1, -0.05) is 36.8 Å². The Hall–Kier alpha value is -1.59. The number of hydrogen-bond acceptors (Lipinski definition) is 3. The molecule has 0 aromatic heterocycles. The molecule has 2 heterocycles. The van der Waals surface area contributed by atoms with E-state index in [2.05, 4.69) is 60.6 Å². The molecule has 2 saturated heterocycles. The molecule has 0 aliphatic carbocycles. The number of rotatable bonds is 8. The maximum atomic E-state index is 6.17. The summed E-state index contributed by atoms with van der Waals surface area (Å²) in [5, 5.41) is 7.01. The Morgan fingerprint density at radius 2 is 1.87 bits per heavy atom. The summed E-state index contributed by atoms with van der Waals surface area (Å²) in [6, 6.07) is 8.80. The Bertz CT molecular complexity index is 637. The number of aliphatic imine (C=N–C) groups is 1. The van der Waals surface area contributed by atoms with Crippen molar-refractivity contribution in [3.8, 4) is 0 Å². The van der Waals surface area contributed by atoms with Crippen molar-refractivity contribution < 1.29 is 4.74 Å². The molecule has 2 aliphatic heterocycles. The van der Waals surface area contributed by atoms with E-state index in [0.29, 0.717) is 5.92 Å². The van der Waals surface area contributed by atoms with Crippen molar-refractivity contribution in [3.05, 3.63) is 35.4 Å². The summed E-state index contributed by atoms with van der Waals surface area (Å²) < 4.78 is 6.17. The monoisotopic (exact) mass is 414 g/mol. The molecule has 3 rings (SSSR count). The van der Waals surface area contributed by atoms with Crippen LogP contribution in [0, 0.1) is 18.8 Å². The minimum atomic E-state index is 0.162. The maximum absolute atomic E-state index is 6.17. The SMILES string of the molecule is CCNC(=NCC1CCCOC1c1ccc(C)cc1)NCCC1CCN(CC)CC1. The summed E-state index contributed by atoms with van der Waals surface area (Å²) in [5.74, 6) is 2.24. The molecule has 30 heavy (non-hydrogen) atoms. The lowest BCUT2D eigenvalue weighted by atomic mass is 9.89. The topological polar surface area (TPSA) is 48.9 Å². The first-order valence-electron chi connectivity index (χ1n) is 12.1. The first-order valence-corrected chi connectivity index (χ1v) is 12.1. The molecule has 5 heteroatoms. The van der Waals surface area contributed by atoms with Gasteiger partial charge in [0.05, 0.1) is 6.10 Å². The average molecular weight is 415 g/mol. The number of benzene rings is 1. The van der Waals surface area contributed by atoms with Crippen molar-refractivity contribution in [2.24, 2.45) is 16.8 Å². The lowest BCUT2D eigenvalue weighted by Crippen LogP contribution is -2.40. The molecule has 2 fully saturated rings.